The molecule has 8 nitrogen and oxygen atoms in total. The Morgan fingerprint density at radius 3 is 2.00 bits per heavy atom. The first-order chi connectivity index (χ1) is 10.8. The van der Waals surface area contributed by atoms with E-state index in [0.717, 1.165) is 12.1 Å². The maximum Gasteiger partial charge on any atom is 0.295 e. The normalized spacial score (nSPS) is 10.2. The van der Waals surface area contributed by atoms with Crippen molar-refractivity contribution in [2.45, 2.75) is 0 Å². The first kappa shape index (κ1) is 16.7. The Balaban J connectivity index is 2.46. The van der Waals surface area contributed by atoms with Gasteiger partial charge in [-0.25, -0.2) is 0 Å². The molecule has 118 valence electrons. The number of hydrogen-bond donors (Lipinski definition) is 1. The van der Waals surface area contributed by atoms with E-state index >= 15 is 0 Å². The summed E-state index contributed by atoms with van der Waals surface area (Å²) >= 11 is 11.5. The standard InChI is InChI=1S/C13H7Cl2N3O5/c14-8-3-1-2-4-9(8)16-13(19)7-5-10(17(20)21)12(15)11(6-7)18(22)23/h1-6H,(H,16,19). The molecule has 0 aliphatic rings. The Hall–Kier alpha value is -2.71. The number of carbonyl (C=O) groups excluding carboxylic acids is 1. The van der Waals surface area contributed by atoms with Crippen molar-refractivity contribution in [2.75, 3.05) is 5.32 Å². The second-order valence-corrected chi connectivity index (χ2v) is 5.06. The molecule has 0 unspecified atom stereocenters. The molecule has 0 radical (unpaired) electrons. The third kappa shape index (κ3) is 3.55. The lowest BCUT2D eigenvalue weighted by atomic mass is 10.1. The van der Waals surface area contributed by atoms with Crippen molar-refractivity contribution in [1.82, 2.24) is 0 Å². The average molecular weight is 356 g/mol. The van der Waals surface area contributed by atoms with Crippen molar-refractivity contribution in [3.8, 4) is 0 Å². The number of nitrogens with one attached hydrogen (secondary N) is 1. The van der Waals surface area contributed by atoms with E-state index in [4.69, 9.17) is 23.2 Å². The quantitative estimate of drug-likeness (QED) is 0.655. The average Bonchev–Trinajstić information content (AvgIpc) is 2.49. The molecule has 0 atom stereocenters. The van der Waals surface area contributed by atoms with Gasteiger partial charge in [-0.3, -0.25) is 25.0 Å². The number of rotatable bonds is 4. The van der Waals surface area contributed by atoms with Crippen LogP contribution >= 0.6 is 23.2 Å². The number of nitrogens with zero attached hydrogens (tertiary/aromatic N) is 2. The van der Waals surface area contributed by atoms with Crippen LogP contribution in [0, 0.1) is 20.2 Å². The summed E-state index contributed by atoms with van der Waals surface area (Å²) in [5, 5.41) is 23.9. The maximum atomic E-state index is 12.2. The van der Waals surface area contributed by atoms with Gasteiger partial charge in [-0.1, -0.05) is 35.3 Å². The van der Waals surface area contributed by atoms with Gasteiger partial charge in [-0.2, -0.15) is 0 Å². The zero-order valence-electron chi connectivity index (χ0n) is 11.2. The van der Waals surface area contributed by atoms with Gasteiger partial charge in [0.15, 0.2) is 5.02 Å². The minimum atomic E-state index is -0.901. The molecule has 0 aliphatic carbocycles. The molecule has 0 aliphatic heterocycles. The largest absolute Gasteiger partial charge is 0.321 e. The van der Waals surface area contributed by atoms with Crippen molar-refractivity contribution in [3.63, 3.8) is 0 Å². The molecule has 0 heterocycles. The molecular formula is C13H7Cl2N3O5. The Bertz CT molecular complexity index is 790. The topological polar surface area (TPSA) is 115 Å². The summed E-state index contributed by atoms with van der Waals surface area (Å²) in [5.41, 5.74) is -1.48. The number of benzene rings is 2. The van der Waals surface area contributed by atoms with Crippen LogP contribution in [0.15, 0.2) is 36.4 Å². The first-order valence-electron chi connectivity index (χ1n) is 5.99. The second-order valence-electron chi connectivity index (χ2n) is 4.28. The maximum absolute atomic E-state index is 12.2. The van der Waals surface area contributed by atoms with Crippen molar-refractivity contribution in [1.29, 1.82) is 0 Å². The van der Waals surface area contributed by atoms with Crippen LogP contribution in [0.1, 0.15) is 10.4 Å². The van der Waals surface area contributed by atoms with Crippen LogP contribution in [-0.4, -0.2) is 15.8 Å². The lowest BCUT2D eigenvalue weighted by Gasteiger charge is -2.07. The van der Waals surface area contributed by atoms with Gasteiger partial charge in [0.1, 0.15) is 0 Å². The number of para-hydroxylation sites is 1. The van der Waals surface area contributed by atoms with Gasteiger partial charge in [-0.05, 0) is 12.1 Å². The highest BCUT2D eigenvalue weighted by Gasteiger charge is 2.27. The molecule has 10 heteroatoms. The van der Waals surface area contributed by atoms with Crippen LogP contribution in [0.5, 0.6) is 0 Å². The number of carbonyl (C=O) groups is 1. The molecule has 0 saturated carbocycles. The summed E-state index contributed by atoms with van der Waals surface area (Å²) in [6.07, 6.45) is 0. The number of nitro groups is 2. The third-order valence-corrected chi connectivity index (χ3v) is 3.53. The molecule has 0 saturated heterocycles. The van der Waals surface area contributed by atoms with Gasteiger partial charge in [-0.15, -0.1) is 0 Å². The zero-order chi connectivity index (χ0) is 17.1. The SMILES string of the molecule is O=C(Nc1ccccc1Cl)c1cc([N+](=O)[O-])c(Cl)c([N+](=O)[O-])c1. The summed E-state index contributed by atoms with van der Waals surface area (Å²) in [6.45, 7) is 0. The first-order valence-corrected chi connectivity index (χ1v) is 6.75. The van der Waals surface area contributed by atoms with E-state index in [0.29, 0.717) is 0 Å². The number of anilines is 1. The molecule has 1 amide bonds. The molecule has 0 spiro atoms. The summed E-state index contributed by atoms with van der Waals surface area (Å²) < 4.78 is 0. The summed E-state index contributed by atoms with van der Waals surface area (Å²) in [7, 11) is 0. The number of nitro benzene ring substituents is 2. The Kier molecular flexibility index (Phi) is 4.77. The summed E-state index contributed by atoms with van der Waals surface area (Å²) in [4.78, 5) is 32.2. The number of amides is 1. The van der Waals surface area contributed by atoms with E-state index in [1.807, 2.05) is 0 Å². The molecule has 0 bridgehead atoms. The molecule has 2 aromatic carbocycles. The van der Waals surface area contributed by atoms with Crippen molar-refractivity contribution < 1.29 is 14.6 Å². The zero-order valence-corrected chi connectivity index (χ0v) is 12.7. The molecule has 1 N–H and O–H groups in total. The van der Waals surface area contributed by atoms with E-state index in [9.17, 15) is 25.0 Å². The fraction of sp³-hybridized carbons (Fsp3) is 0. The van der Waals surface area contributed by atoms with Crippen LogP contribution in [0.25, 0.3) is 0 Å². The molecule has 23 heavy (non-hydrogen) atoms. The van der Waals surface area contributed by atoms with Gasteiger partial charge in [0.2, 0.25) is 0 Å². The molecule has 0 fully saturated rings. The van der Waals surface area contributed by atoms with E-state index < -0.39 is 32.2 Å². The predicted octanol–water partition coefficient (Wildman–Crippen LogP) is 4.06. The van der Waals surface area contributed by atoms with E-state index in [1.165, 1.54) is 12.1 Å². The third-order valence-electron chi connectivity index (χ3n) is 2.81. The van der Waals surface area contributed by atoms with E-state index in [2.05, 4.69) is 5.32 Å². The number of hydrogen-bond acceptors (Lipinski definition) is 5. The molecule has 2 aromatic rings. The van der Waals surface area contributed by atoms with Crippen molar-refractivity contribution >= 4 is 46.2 Å². The lowest BCUT2D eigenvalue weighted by Crippen LogP contribution is -2.13. The predicted molar refractivity (Wildman–Crippen MR) is 84.2 cm³/mol. The number of halogens is 2. The fourth-order valence-corrected chi connectivity index (χ4v) is 2.18. The van der Waals surface area contributed by atoms with Crippen molar-refractivity contribution in [3.05, 3.63) is 72.2 Å². The smallest absolute Gasteiger partial charge is 0.295 e. The van der Waals surface area contributed by atoms with Gasteiger partial charge < -0.3 is 5.32 Å². The highest BCUT2D eigenvalue weighted by atomic mass is 35.5. The van der Waals surface area contributed by atoms with Gasteiger partial charge in [0.25, 0.3) is 17.3 Å². The molecular weight excluding hydrogens is 349 g/mol. The highest BCUT2D eigenvalue weighted by Crippen LogP contribution is 2.35. The van der Waals surface area contributed by atoms with Crippen LogP contribution in [-0.2, 0) is 0 Å². The lowest BCUT2D eigenvalue weighted by molar-refractivity contribution is -0.393. The van der Waals surface area contributed by atoms with Crippen LogP contribution in [0.4, 0.5) is 17.1 Å². The second kappa shape index (κ2) is 6.59. The summed E-state index contributed by atoms with van der Waals surface area (Å²) in [6, 6.07) is 8.04. The molecule has 0 aromatic heterocycles. The van der Waals surface area contributed by atoms with E-state index in [1.54, 1.807) is 12.1 Å². The highest BCUT2D eigenvalue weighted by molar-refractivity contribution is 6.35. The Labute approximate surface area is 138 Å². The monoisotopic (exact) mass is 355 g/mol. The van der Waals surface area contributed by atoms with Crippen LogP contribution in [0.2, 0.25) is 10.0 Å². The Morgan fingerprint density at radius 1 is 1.00 bits per heavy atom. The van der Waals surface area contributed by atoms with Crippen molar-refractivity contribution in [2.24, 2.45) is 0 Å². The van der Waals surface area contributed by atoms with E-state index in [-0.39, 0.29) is 16.3 Å². The van der Waals surface area contributed by atoms with Crippen LogP contribution in [0.3, 0.4) is 0 Å². The van der Waals surface area contributed by atoms with Gasteiger partial charge in [0, 0.05) is 12.1 Å². The Morgan fingerprint density at radius 2 is 1.52 bits per heavy atom. The summed E-state index contributed by atoms with van der Waals surface area (Å²) in [5.74, 6) is -0.791. The van der Waals surface area contributed by atoms with Crippen LogP contribution < -0.4 is 5.32 Å². The minimum absolute atomic E-state index is 0.249. The molecule has 2 rings (SSSR count). The van der Waals surface area contributed by atoms with Gasteiger partial charge in [0.05, 0.1) is 26.1 Å². The minimum Gasteiger partial charge on any atom is -0.321 e. The van der Waals surface area contributed by atoms with Gasteiger partial charge >= 0.3 is 0 Å². The fourth-order valence-electron chi connectivity index (χ4n) is 1.75.